The molecule has 0 bridgehead atoms. The van der Waals surface area contributed by atoms with Gasteiger partial charge in [-0.15, -0.1) is 0 Å². The summed E-state index contributed by atoms with van der Waals surface area (Å²) in [5.74, 6) is 0.820. The fraction of sp³-hybridized carbons (Fsp3) is 0.154. The predicted molar refractivity (Wildman–Crippen MR) is 74.3 cm³/mol. The summed E-state index contributed by atoms with van der Waals surface area (Å²) in [7, 11) is 0. The van der Waals surface area contributed by atoms with E-state index in [1.807, 2.05) is 24.3 Å². The number of hydrogen-bond acceptors (Lipinski definition) is 3. The average molecular weight is 292 g/mol. The number of rotatable bonds is 3. The van der Waals surface area contributed by atoms with Gasteiger partial charge in [-0.2, -0.15) is 0 Å². The summed E-state index contributed by atoms with van der Waals surface area (Å²) in [6.07, 6.45) is 1.76. The summed E-state index contributed by atoms with van der Waals surface area (Å²) in [4.78, 5) is 4.31. The van der Waals surface area contributed by atoms with Gasteiger partial charge in [-0.25, -0.2) is 4.98 Å². The monoisotopic (exact) mass is 291 g/mol. The van der Waals surface area contributed by atoms with E-state index in [1.54, 1.807) is 6.20 Å². The Hall–Kier alpha value is -1.39. The van der Waals surface area contributed by atoms with E-state index < -0.39 is 0 Å². The van der Waals surface area contributed by atoms with E-state index in [0.717, 1.165) is 27.1 Å². The highest BCUT2D eigenvalue weighted by molar-refractivity contribution is 9.10. The molecule has 0 aliphatic heterocycles. The van der Waals surface area contributed by atoms with Gasteiger partial charge in [0.25, 0.3) is 0 Å². The third-order valence-corrected chi connectivity index (χ3v) is 3.05. The maximum Gasteiger partial charge on any atom is 0.134 e. The summed E-state index contributed by atoms with van der Waals surface area (Å²) in [6, 6.07) is 9.95. The van der Waals surface area contributed by atoms with Gasteiger partial charge in [0.2, 0.25) is 0 Å². The average Bonchev–Trinajstić information content (AvgIpc) is 2.33. The minimum atomic E-state index is 0.478. The number of benzene rings is 1. The molecular formula is C13H14BrN3. The molecular weight excluding hydrogens is 278 g/mol. The van der Waals surface area contributed by atoms with Crippen LogP contribution >= 0.6 is 15.9 Å². The van der Waals surface area contributed by atoms with Crippen molar-refractivity contribution in [2.75, 3.05) is 5.32 Å². The van der Waals surface area contributed by atoms with Crippen molar-refractivity contribution in [3.8, 4) is 0 Å². The summed E-state index contributed by atoms with van der Waals surface area (Å²) < 4.78 is 1.07. The number of aryl methyl sites for hydroxylation is 1. The van der Waals surface area contributed by atoms with Crippen LogP contribution in [0.2, 0.25) is 0 Å². The van der Waals surface area contributed by atoms with Gasteiger partial charge < -0.3 is 11.1 Å². The van der Waals surface area contributed by atoms with Gasteiger partial charge in [-0.3, -0.25) is 0 Å². The molecule has 0 spiro atoms. The van der Waals surface area contributed by atoms with Gasteiger partial charge in [0, 0.05) is 28.5 Å². The first-order valence-corrected chi connectivity index (χ1v) is 6.17. The number of pyridine rings is 1. The molecule has 3 nitrogen and oxygen atoms in total. The Bertz CT molecular complexity index is 526. The quantitative estimate of drug-likeness (QED) is 0.912. The molecule has 0 radical (unpaired) electrons. The Morgan fingerprint density at radius 1 is 1.35 bits per heavy atom. The first-order valence-electron chi connectivity index (χ1n) is 5.38. The molecule has 2 aromatic rings. The highest BCUT2D eigenvalue weighted by Gasteiger charge is 2.04. The molecule has 0 atom stereocenters. The fourth-order valence-corrected chi connectivity index (χ4v) is 2.09. The summed E-state index contributed by atoms with van der Waals surface area (Å²) in [6.45, 7) is 2.53. The topological polar surface area (TPSA) is 50.9 Å². The molecule has 2 rings (SSSR count). The predicted octanol–water partition coefficient (Wildman–Crippen LogP) is 3.35. The number of aromatic nitrogens is 1. The molecule has 1 heterocycles. The lowest BCUT2D eigenvalue weighted by Crippen LogP contribution is -2.04. The Balaban J connectivity index is 2.31. The van der Waals surface area contributed by atoms with Crippen LogP contribution in [-0.4, -0.2) is 4.98 Å². The molecule has 1 aromatic carbocycles. The molecule has 0 saturated carbocycles. The largest absolute Gasteiger partial charge is 0.340 e. The standard InChI is InChI=1S/C13H14BrN3/c1-9-7-11(14)4-5-12(9)17-13-10(8-15)3-2-6-16-13/h2-7H,8,15H2,1H3,(H,16,17). The third-order valence-electron chi connectivity index (χ3n) is 2.55. The lowest BCUT2D eigenvalue weighted by molar-refractivity contribution is 1.05. The van der Waals surface area contributed by atoms with Crippen LogP contribution in [-0.2, 0) is 6.54 Å². The highest BCUT2D eigenvalue weighted by atomic mass is 79.9. The highest BCUT2D eigenvalue weighted by Crippen LogP contribution is 2.24. The zero-order valence-corrected chi connectivity index (χ0v) is 11.2. The van der Waals surface area contributed by atoms with E-state index in [2.05, 4.69) is 39.2 Å². The number of nitrogens with two attached hydrogens (primary N) is 1. The maximum atomic E-state index is 5.68. The van der Waals surface area contributed by atoms with Crippen molar-refractivity contribution in [3.63, 3.8) is 0 Å². The van der Waals surface area contributed by atoms with Crippen LogP contribution in [0.5, 0.6) is 0 Å². The molecule has 4 heteroatoms. The van der Waals surface area contributed by atoms with E-state index in [9.17, 15) is 0 Å². The van der Waals surface area contributed by atoms with Crippen molar-refractivity contribution in [1.82, 2.24) is 4.98 Å². The number of halogens is 1. The van der Waals surface area contributed by atoms with Crippen molar-refractivity contribution < 1.29 is 0 Å². The number of anilines is 2. The van der Waals surface area contributed by atoms with Crippen LogP contribution in [0.3, 0.4) is 0 Å². The van der Waals surface area contributed by atoms with Gasteiger partial charge in [-0.1, -0.05) is 22.0 Å². The van der Waals surface area contributed by atoms with Crippen LogP contribution in [0.4, 0.5) is 11.5 Å². The molecule has 0 fully saturated rings. The molecule has 88 valence electrons. The van der Waals surface area contributed by atoms with Gasteiger partial charge >= 0.3 is 0 Å². The smallest absolute Gasteiger partial charge is 0.134 e. The van der Waals surface area contributed by atoms with Crippen molar-refractivity contribution in [2.45, 2.75) is 13.5 Å². The zero-order valence-electron chi connectivity index (χ0n) is 9.57. The van der Waals surface area contributed by atoms with Crippen molar-refractivity contribution in [3.05, 3.63) is 52.1 Å². The second-order valence-electron chi connectivity index (χ2n) is 3.80. The van der Waals surface area contributed by atoms with Gasteiger partial charge in [0.15, 0.2) is 0 Å². The number of nitrogens with one attached hydrogen (secondary N) is 1. The van der Waals surface area contributed by atoms with Gasteiger partial charge in [0.1, 0.15) is 5.82 Å². The number of hydrogen-bond donors (Lipinski definition) is 2. The van der Waals surface area contributed by atoms with Crippen LogP contribution in [0, 0.1) is 6.92 Å². The fourth-order valence-electron chi connectivity index (χ4n) is 1.61. The van der Waals surface area contributed by atoms with E-state index >= 15 is 0 Å². The number of nitrogens with zero attached hydrogens (tertiary/aromatic N) is 1. The van der Waals surface area contributed by atoms with Crippen molar-refractivity contribution in [1.29, 1.82) is 0 Å². The molecule has 3 N–H and O–H groups in total. The van der Waals surface area contributed by atoms with Crippen LogP contribution < -0.4 is 11.1 Å². The first-order chi connectivity index (χ1) is 8.20. The van der Waals surface area contributed by atoms with Crippen LogP contribution in [0.1, 0.15) is 11.1 Å². The SMILES string of the molecule is Cc1cc(Br)ccc1Nc1ncccc1CN. The molecule has 0 saturated heterocycles. The lowest BCUT2D eigenvalue weighted by atomic mass is 10.2. The maximum absolute atomic E-state index is 5.68. The Labute approximate surface area is 109 Å². The van der Waals surface area contributed by atoms with Crippen molar-refractivity contribution in [2.24, 2.45) is 5.73 Å². The van der Waals surface area contributed by atoms with E-state index in [1.165, 1.54) is 0 Å². The molecule has 0 aliphatic carbocycles. The second-order valence-corrected chi connectivity index (χ2v) is 4.72. The second kappa shape index (κ2) is 5.29. The van der Waals surface area contributed by atoms with E-state index in [4.69, 9.17) is 5.73 Å². The summed E-state index contributed by atoms with van der Waals surface area (Å²) >= 11 is 3.45. The Kier molecular flexibility index (Phi) is 3.76. The van der Waals surface area contributed by atoms with Gasteiger partial charge in [-0.05, 0) is 36.8 Å². The van der Waals surface area contributed by atoms with Crippen molar-refractivity contribution >= 4 is 27.4 Å². The molecule has 1 aromatic heterocycles. The summed E-state index contributed by atoms with van der Waals surface area (Å²) in [5, 5.41) is 3.31. The summed E-state index contributed by atoms with van der Waals surface area (Å²) in [5.41, 5.74) is 8.89. The minimum absolute atomic E-state index is 0.478. The normalized spacial score (nSPS) is 10.3. The molecule has 17 heavy (non-hydrogen) atoms. The van der Waals surface area contributed by atoms with Gasteiger partial charge in [0.05, 0.1) is 0 Å². The third kappa shape index (κ3) is 2.84. The lowest BCUT2D eigenvalue weighted by Gasteiger charge is -2.11. The van der Waals surface area contributed by atoms with Crippen LogP contribution in [0.15, 0.2) is 41.0 Å². The van der Waals surface area contributed by atoms with E-state index in [-0.39, 0.29) is 0 Å². The first kappa shape index (κ1) is 12.1. The van der Waals surface area contributed by atoms with E-state index in [0.29, 0.717) is 6.54 Å². The zero-order chi connectivity index (χ0) is 12.3. The molecule has 0 amide bonds. The molecule has 0 aliphatic rings. The van der Waals surface area contributed by atoms with Crippen LogP contribution in [0.25, 0.3) is 0 Å². The molecule has 0 unspecified atom stereocenters. The minimum Gasteiger partial charge on any atom is -0.340 e. The Morgan fingerprint density at radius 3 is 2.88 bits per heavy atom. The Morgan fingerprint density at radius 2 is 2.18 bits per heavy atom.